The van der Waals surface area contributed by atoms with Crippen LogP contribution >= 0.6 is 0 Å². The van der Waals surface area contributed by atoms with E-state index in [0.717, 1.165) is 10.6 Å². The summed E-state index contributed by atoms with van der Waals surface area (Å²) in [6.45, 7) is 1.82. The third-order valence-electron chi connectivity index (χ3n) is 5.07. The topological polar surface area (TPSA) is 142 Å². The van der Waals surface area contributed by atoms with Crippen LogP contribution in [0.15, 0.2) is 29.1 Å². The van der Waals surface area contributed by atoms with Crippen molar-refractivity contribution in [1.29, 1.82) is 0 Å². The number of anilines is 1. The molecule has 11 heteroatoms. The van der Waals surface area contributed by atoms with Gasteiger partial charge in [-0.15, -0.1) is 0 Å². The number of fused-ring (bicyclic) bond motifs is 1. The van der Waals surface area contributed by atoms with Gasteiger partial charge in [-0.2, -0.15) is 0 Å². The van der Waals surface area contributed by atoms with E-state index < -0.39 is 17.4 Å². The van der Waals surface area contributed by atoms with E-state index >= 15 is 0 Å². The Morgan fingerprint density at radius 3 is 2.58 bits per heavy atom. The van der Waals surface area contributed by atoms with E-state index in [1.807, 2.05) is 0 Å². The molecule has 0 atom stereocenters. The molecule has 11 nitrogen and oxygen atoms in total. The Balaban J connectivity index is 1.61. The van der Waals surface area contributed by atoms with E-state index in [4.69, 9.17) is 19.9 Å². The third-order valence-corrected chi connectivity index (χ3v) is 5.07. The fourth-order valence-corrected chi connectivity index (χ4v) is 3.50. The molecule has 0 saturated carbocycles. The van der Waals surface area contributed by atoms with Crippen molar-refractivity contribution in [3.05, 3.63) is 45.7 Å². The molecular formula is C20H20N4O7. The van der Waals surface area contributed by atoms with Gasteiger partial charge in [0.15, 0.2) is 18.1 Å². The normalized spacial score (nSPS) is 15.5. The molecule has 1 saturated heterocycles. The average Bonchev–Trinajstić information content (AvgIpc) is 3.06. The monoisotopic (exact) mass is 428 g/mol. The number of nitrogens with zero attached hydrogens (tertiary/aromatic N) is 2. The highest BCUT2D eigenvalue weighted by Crippen LogP contribution is 2.31. The van der Waals surface area contributed by atoms with Crippen molar-refractivity contribution in [2.75, 3.05) is 45.8 Å². The summed E-state index contributed by atoms with van der Waals surface area (Å²) < 4.78 is 17.3. The Bertz CT molecular complexity index is 1140. The zero-order valence-electron chi connectivity index (χ0n) is 16.7. The second-order valence-corrected chi connectivity index (χ2v) is 6.89. The lowest BCUT2D eigenvalue weighted by molar-refractivity contribution is -0.137. The molecule has 3 amide bonds. The number of hydrogen-bond acceptors (Lipinski definition) is 8. The number of nitrogens with one attached hydrogen (secondary N) is 1. The van der Waals surface area contributed by atoms with Crippen molar-refractivity contribution in [1.82, 2.24) is 14.8 Å². The zero-order chi connectivity index (χ0) is 22.1. The van der Waals surface area contributed by atoms with Gasteiger partial charge in [-0.3, -0.25) is 29.1 Å². The lowest BCUT2D eigenvalue weighted by Gasteiger charge is -2.26. The molecule has 2 aliphatic rings. The molecule has 0 radical (unpaired) electrons. The smallest absolute Gasteiger partial charge is 0.262 e. The number of carbonyl (C=O) groups is 3. The summed E-state index contributed by atoms with van der Waals surface area (Å²) in [7, 11) is 1.41. The quantitative estimate of drug-likeness (QED) is 0.610. The Kier molecular flexibility index (Phi) is 5.34. The van der Waals surface area contributed by atoms with E-state index in [2.05, 4.69) is 5.32 Å². The molecule has 1 fully saturated rings. The standard InChI is InChI=1S/C20H20N4O7/c1-29-14-8-11(2-3-13(14)31-10-16(26)23-4-6-30-7-5-23)24-15(25)9-12-17(18(24)21)20(28)22-19(12)27/h2-3,8-9H,4-7,10,21H2,1H3,(H,22,27,28). The van der Waals surface area contributed by atoms with E-state index in [1.165, 1.54) is 25.3 Å². The summed E-state index contributed by atoms with van der Waals surface area (Å²) >= 11 is 0. The van der Waals surface area contributed by atoms with Gasteiger partial charge in [-0.1, -0.05) is 0 Å². The Hall–Kier alpha value is -3.86. The largest absolute Gasteiger partial charge is 0.493 e. The van der Waals surface area contributed by atoms with Crippen LogP contribution in [0.5, 0.6) is 11.5 Å². The third kappa shape index (κ3) is 3.70. The maximum atomic E-state index is 12.6. The molecule has 4 rings (SSSR count). The predicted octanol–water partition coefficient (Wildman–Crippen LogP) is -0.450. The van der Waals surface area contributed by atoms with Gasteiger partial charge < -0.3 is 24.8 Å². The van der Waals surface area contributed by atoms with Gasteiger partial charge >= 0.3 is 0 Å². The first-order valence-electron chi connectivity index (χ1n) is 9.48. The summed E-state index contributed by atoms with van der Waals surface area (Å²) in [5.74, 6) is -1.11. The summed E-state index contributed by atoms with van der Waals surface area (Å²) in [6, 6.07) is 5.62. The van der Waals surface area contributed by atoms with Crippen molar-refractivity contribution in [3.8, 4) is 17.2 Å². The first-order chi connectivity index (χ1) is 14.9. The van der Waals surface area contributed by atoms with Crippen LogP contribution in [0.4, 0.5) is 5.82 Å². The first kappa shape index (κ1) is 20.4. The molecule has 3 N–H and O–H groups in total. The van der Waals surface area contributed by atoms with E-state index in [9.17, 15) is 19.2 Å². The minimum absolute atomic E-state index is 0.0556. The molecule has 0 aliphatic carbocycles. The van der Waals surface area contributed by atoms with Crippen LogP contribution in [0.3, 0.4) is 0 Å². The average molecular weight is 428 g/mol. The maximum Gasteiger partial charge on any atom is 0.262 e. The molecule has 0 bridgehead atoms. The molecule has 3 heterocycles. The lowest BCUT2D eigenvalue weighted by atomic mass is 10.1. The minimum atomic E-state index is -0.667. The maximum absolute atomic E-state index is 12.6. The number of ether oxygens (including phenoxy) is 3. The number of benzene rings is 1. The Labute approximate surface area is 176 Å². The van der Waals surface area contributed by atoms with Gasteiger partial charge in [0.2, 0.25) is 0 Å². The van der Waals surface area contributed by atoms with Crippen LogP contribution in [0.25, 0.3) is 5.69 Å². The number of imide groups is 1. The first-order valence-corrected chi connectivity index (χ1v) is 9.48. The van der Waals surface area contributed by atoms with Crippen molar-refractivity contribution in [3.63, 3.8) is 0 Å². The number of aromatic nitrogens is 1. The number of hydrogen-bond donors (Lipinski definition) is 2. The number of nitrogens with two attached hydrogens (primary N) is 1. The summed E-state index contributed by atoms with van der Waals surface area (Å²) in [6.07, 6.45) is 0. The Morgan fingerprint density at radius 1 is 1.13 bits per heavy atom. The molecular weight excluding hydrogens is 408 g/mol. The van der Waals surface area contributed by atoms with Crippen molar-refractivity contribution >= 4 is 23.5 Å². The van der Waals surface area contributed by atoms with Gasteiger partial charge in [-0.05, 0) is 12.1 Å². The predicted molar refractivity (Wildman–Crippen MR) is 108 cm³/mol. The molecule has 2 aromatic rings. The molecule has 2 aliphatic heterocycles. The molecule has 0 unspecified atom stereocenters. The molecule has 1 aromatic carbocycles. The molecule has 162 valence electrons. The summed E-state index contributed by atoms with van der Waals surface area (Å²) in [4.78, 5) is 50.4. The minimum Gasteiger partial charge on any atom is -0.493 e. The van der Waals surface area contributed by atoms with Crippen LogP contribution in [0.2, 0.25) is 0 Å². The van der Waals surface area contributed by atoms with E-state index in [0.29, 0.717) is 37.7 Å². The molecule has 1 aromatic heterocycles. The highest BCUT2D eigenvalue weighted by molar-refractivity contribution is 6.23. The number of carbonyl (C=O) groups excluding carboxylic acids is 3. The number of nitrogen functional groups attached to an aromatic ring is 1. The second-order valence-electron chi connectivity index (χ2n) is 6.89. The number of morpholine rings is 1. The van der Waals surface area contributed by atoms with Crippen LogP contribution in [-0.2, 0) is 9.53 Å². The highest BCUT2D eigenvalue weighted by Gasteiger charge is 2.32. The number of amides is 3. The molecule has 0 spiro atoms. The van der Waals surface area contributed by atoms with Crippen LogP contribution in [-0.4, -0.2) is 67.2 Å². The van der Waals surface area contributed by atoms with Crippen molar-refractivity contribution in [2.45, 2.75) is 0 Å². The zero-order valence-corrected chi connectivity index (χ0v) is 16.7. The van der Waals surface area contributed by atoms with Gasteiger partial charge in [0.05, 0.1) is 37.1 Å². The highest BCUT2D eigenvalue weighted by atomic mass is 16.5. The summed E-state index contributed by atoms with van der Waals surface area (Å²) in [5.41, 5.74) is 5.66. The summed E-state index contributed by atoms with van der Waals surface area (Å²) in [5, 5.41) is 2.12. The second kappa shape index (κ2) is 8.11. The van der Waals surface area contributed by atoms with Crippen LogP contribution in [0, 0.1) is 0 Å². The van der Waals surface area contributed by atoms with E-state index in [1.54, 1.807) is 4.90 Å². The van der Waals surface area contributed by atoms with Crippen LogP contribution in [0.1, 0.15) is 20.7 Å². The molecule has 31 heavy (non-hydrogen) atoms. The van der Waals surface area contributed by atoms with Crippen LogP contribution < -0.4 is 26.1 Å². The fourth-order valence-electron chi connectivity index (χ4n) is 3.50. The SMILES string of the molecule is COc1cc(-n2c(N)c3c(cc2=O)C(=O)NC3=O)ccc1OCC(=O)N1CCOCC1. The van der Waals surface area contributed by atoms with Gasteiger partial charge in [-0.25, -0.2) is 0 Å². The number of rotatable bonds is 5. The van der Waals surface area contributed by atoms with Crippen molar-refractivity contribution < 1.29 is 28.6 Å². The number of methoxy groups -OCH3 is 1. The lowest BCUT2D eigenvalue weighted by Crippen LogP contribution is -2.43. The van der Waals surface area contributed by atoms with Gasteiger partial charge in [0.25, 0.3) is 23.3 Å². The van der Waals surface area contributed by atoms with Gasteiger partial charge in [0.1, 0.15) is 5.82 Å². The number of pyridine rings is 1. The Morgan fingerprint density at radius 2 is 1.87 bits per heavy atom. The fraction of sp³-hybridized carbons (Fsp3) is 0.300. The van der Waals surface area contributed by atoms with Gasteiger partial charge in [0, 0.05) is 25.2 Å². The van der Waals surface area contributed by atoms with Crippen molar-refractivity contribution in [2.24, 2.45) is 0 Å². The van der Waals surface area contributed by atoms with E-state index in [-0.39, 0.29) is 35.2 Å².